The summed E-state index contributed by atoms with van der Waals surface area (Å²) in [6, 6.07) is 0. The molecular formula is C6H5Cl2NS. The van der Waals surface area contributed by atoms with Crippen LogP contribution in [0.15, 0.2) is 17.3 Å². The molecule has 0 unspecified atom stereocenters. The Hall–Kier alpha value is 0.0800. The molecule has 0 saturated carbocycles. The second-order valence-corrected chi connectivity index (χ2v) is 3.27. The first-order valence-electron chi connectivity index (χ1n) is 2.58. The van der Waals surface area contributed by atoms with E-state index >= 15 is 0 Å². The third kappa shape index (κ3) is 1.57. The second kappa shape index (κ2) is 3.46. The van der Waals surface area contributed by atoms with Crippen molar-refractivity contribution in [3.05, 3.63) is 22.4 Å². The fraction of sp³-hybridized carbons (Fsp3) is 0.167. The Morgan fingerprint density at radius 2 is 1.80 bits per heavy atom. The highest BCUT2D eigenvalue weighted by Crippen LogP contribution is 2.30. The Balaban J connectivity index is 3.17. The van der Waals surface area contributed by atoms with Crippen LogP contribution in [0, 0.1) is 0 Å². The van der Waals surface area contributed by atoms with E-state index < -0.39 is 0 Å². The largest absolute Gasteiger partial charge is 0.262 e. The van der Waals surface area contributed by atoms with Crippen molar-refractivity contribution in [1.82, 2.24) is 4.98 Å². The highest BCUT2D eigenvalue weighted by molar-refractivity contribution is 7.98. The zero-order valence-electron chi connectivity index (χ0n) is 5.27. The fourth-order valence-electron chi connectivity index (χ4n) is 0.594. The predicted molar refractivity (Wildman–Crippen MR) is 46.0 cm³/mol. The third-order valence-corrected chi connectivity index (χ3v) is 2.66. The second-order valence-electron chi connectivity index (χ2n) is 1.64. The van der Waals surface area contributed by atoms with Gasteiger partial charge in [-0.1, -0.05) is 23.2 Å². The molecule has 1 rings (SSSR count). The van der Waals surface area contributed by atoms with E-state index in [1.807, 2.05) is 6.26 Å². The number of hydrogen-bond donors (Lipinski definition) is 0. The molecule has 0 aromatic carbocycles. The van der Waals surface area contributed by atoms with Crippen LogP contribution in [0.1, 0.15) is 0 Å². The molecule has 54 valence electrons. The predicted octanol–water partition coefficient (Wildman–Crippen LogP) is 3.11. The van der Waals surface area contributed by atoms with Crippen LogP contribution in [0.5, 0.6) is 0 Å². The summed E-state index contributed by atoms with van der Waals surface area (Å²) in [6.07, 6.45) is 5.09. The normalized spacial score (nSPS) is 9.90. The summed E-state index contributed by atoms with van der Waals surface area (Å²) in [4.78, 5) is 4.70. The molecule has 0 spiro atoms. The van der Waals surface area contributed by atoms with E-state index in [1.165, 1.54) is 11.8 Å². The van der Waals surface area contributed by atoms with E-state index in [0.29, 0.717) is 10.0 Å². The molecule has 0 atom stereocenters. The average Bonchev–Trinajstić information content (AvgIpc) is 1.88. The monoisotopic (exact) mass is 193 g/mol. The van der Waals surface area contributed by atoms with Gasteiger partial charge in [0.25, 0.3) is 0 Å². The summed E-state index contributed by atoms with van der Waals surface area (Å²) < 4.78 is 0. The summed E-state index contributed by atoms with van der Waals surface area (Å²) in [6.45, 7) is 0. The van der Waals surface area contributed by atoms with Crippen molar-refractivity contribution in [1.29, 1.82) is 0 Å². The van der Waals surface area contributed by atoms with Crippen LogP contribution in [0.2, 0.25) is 10.0 Å². The molecule has 0 radical (unpaired) electrons. The Morgan fingerprint density at radius 3 is 2.10 bits per heavy atom. The Labute approximate surface area is 73.7 Å². The van der Waals surface area contributed by atoms with Crippen LogP contribution >= 0.6 is 35.0 Å². The number of thioether (sulfide) groups is 1. The van der Waals surface area contributed by atoms with Crippen LogP contribution in [-0.4, -0.2) is 11.2 Å². The zero-order chi connectivity index (χ0) is 7.56. The van der Waals surface area contributed by atoms with E-state index in [4.69, 9.17) is 23.2 Å². The van der Waals surface area contributed by atoms with Crippen molar-refractivity contribution in [3.63, 3.8) is 0 Å². The Bertz CT molecular complexity index is 219. The number of pyridine rings is 1. The molecule has 0 aliphatic rings. The van der Waals surface area contributed by atoms with Crippen molar-refractivity contribution in [2.45, 2.75) is 4.90 Å². The van der Waals surface area contributed by atoms with Crippen molar-refractivity contribution >= 4 is 35.0 Å². The maximum absolute atomic E-state index is 5.76. The van der Waals surface area contributed by atoms with Gasteiger partial charge in [-0.2, -0.15) is 0 Å². The van der Waals surface area contributed by atoms with Gasteiger partial charge in [0.2, 0.25) is 0 Å². The lowest BCUT2D eigenvalue weighted by Gasteiger charge is -1.99. The Morgan fingerprint density at radius 1 is 1.30 bits per heavy atom. The number of halogens is 2. The van der Waals surface area contributed by atoms with Gasteiger partial charge < -0.3 is 0 Å². The molecule has 1 aromatic rings. The molecular weight excluding hydrogens is 189 g/mol. The summed E-state index contributed by atoms with van der Waals surface area (Å²) in [5, 5.41) is 1.22. The van der Waals surface area contributed by atoms with Gasteiger partial charge in [0.1, 0.15) is 0 Å². The molecule has 1 aromatic heterocycles. The molecule has 10 heavy (non-hydrogen) atoms. The molecule has 0 bridgehead atoms. The van der Waals surface area contributed by atoms with E-state index in [9.17, 15) is 0 Å². The molecule has 1 nitrogen and oxygen atoms in total. The number of nitrogens with zero attached hydrogens (tertiary/aromatic N) is 1. The minimum absolute atomic E-state index is 0.611. The summed E-state index contributed by atoms with van der Waals surface area (Å²) >= 11 is 13.0. The van der Waals surface area contributed by atoms with Crippen molar-refractivity contribution in [2.75, 3.05) is 6.26 Å². The average molecular weight is 194 g/mol. The van der Waals surface area contributed by atoms with E-state index in [1.54, 1.807) is 12.4 Å². The maximum Gasteiger partial charge on any atom is 0.0740 e. The van der Waals surface area contributed by atoms with Crippen LogP contribution < -0.4 is 0 Å². The van der Waals surface area contributed by atoms with Gasteiger partial charge in [-0.25, -0.2) is 0 Å². The van der Waals surface area contributed by atoms with Gasteiger partial charge in [-0.15, -0.1) is 11.8 Å². The first-order valence-corrected chi connectivity index (χ1v) is 4.56. The first kappa shape index (κ1) is 8.18. The van der Waals surface area contributed by atoms with Crippen LogP contribution in [0.3, 0.4) is 0 Å². The Kier molecular flexibility index (Phi) is 2.83. The van der Waals surface area contributed by atoms with Gasteiger partial charge in [0.05, 0.1) is 10.0 Å². The molecule has 0 aliphatic carbocycles. The SMILES string of the molecule is CSc1c(Cl)cncc1Cl. The molecule has 0 saturated heterocycles. The van der Waals surface area contributed by atoms with E-state index in [0.717, 1.165) is 4.90 Å². The van der Waals surface area contributed by atoms with E-state index in [2.05, 4.69) is 4.98 Å². The fourth-order valence-corrected chi connectivity index (χ4v) is 1.92. The van der Waals surface area contributed by atoms with Gasteiger partial charge in [-0.3, -0.25) is 4.98 Å². The highest BCUT2D eigenvalue weighted by atomic mass is 35.5. The summed E-state index contributed by atoms with van der Waals surface area (Å²) in [7, 11) is 0. The van der Waals surface area contributed by atoms with Gasteiger partial charge in [0, 0.05) is 17.3 Å². The third-order valence-electron chi connectivity index (χ3n) is 1.01. The summed E-state index contributed by atoms with van der Waals surface area (Å²) in [5.74, 6) is 0. The van der Waals surface area contributed by atoms with E-state index in [-0.39, 0.29) is 0 Å². The molecule has 1 heterocycles. The van der Waals surface area contributed by atoms with Gasteiger partial charge in [-0.05, 0) is 6.26 Å². The number of rotatable bonds is 1. The molecule has 0 aliphatic heterocycles. The number of aromatic nitrogens is 1. The lowest BCUT2D eigenvalue weighted by molar-refractivity contribution is 1.26. The minimum Gasteiger partial charge on any atom is -0.262 e. The molecule has 0 amide bonds. The maximum atomic E-state index is 5.76. The highest BCUT2D eigenvalue weighted by Gasteiger charge is 2.02. The minimum atomic E-state index is 0.611. The zero-order valence-corrected chi connectivity index (χ0v) is 7.59. The van der Waals surface area contributed by atoms with Gasteiger partial charge in [0.15, 0.2) is 0 Å². The van der Waals surface area contributed by atoms with Crippen molar-refractivity contribution in [3.8, 4) is 0 Å². The lowest BCUT2D eigenvalue weighted by Crippen LogP contribution is -1.77. The standard InChI is InChI=1S/C6H5Cl2NS/c1-10-6-4(7)2-9-3-5(6)8/h2-3H,1H3. The lowest BCUT2D eigenvalue weighted by atomic mass is 10.5. The van der Waals surface area contributed by atoms with Crippen molar-refractivity contribution < 1.29 is 0 Å². The van der Waals surface area contributed by atoms with Crippen LogP contribution in [-0.2, 0) is 0 Å². The topological polar surface area (TPSA) is 12.9 Å². The molecule has 0 fully saturated rings. The van der Waals surface area contributed by atoms with Crippen LogP contribution in [0.25, 0.3) is 0 Å². The first-order chi connectivity index (χ1) is 4.75. The molecule has 0 N–H and O–H groups in total. The number of hydrogen-bond acceptors (Lipinski definition) is 2. The smallest absolute Gasteiger partial charge is 0.0740 e. The molecule has 4 heteroatoms. The van der Waals surface area contributed by atoms with Crippen LogP contribution in [0.4, 0.5) is 0 Å². The quantitative estimate of drug-likeness (QED) is 0.637. The summed E-state index contributed by atoms with van der Waals surface area (Å²) in [5.41, 5.74) is 0. The van der Waals surface area contributed by atoms with Crippen molar-refractivity contribution in [2.24, 2.45) is 0 Å². The van der Waals surface area contributed by atoms with Gasteiger partial charge >= 0.3 is 0 Å².